The monoisotopic (exact) mass is 408 g/mol. The lowest BCUT2D eigenvalue weighted by molar-refractivity contribution is -0.120. The molecule has 1 aliphatic carbocycles. The van der Waals surface area contributed by atoms with Crippen LogP contribution >= 0.6 is 0 Å². The minimum atomic E-state index is -0.0280. The molecule has 0 radical (unpaired) electrons. The maximum absolute atomic E-state index is 11.0. The van der Waals surface area contributed by atoms with Gasteiger partial charge in [0.05, 0.1) is 24.7 Å². The first-order valence-corrected chi connectivity index (χ1v) is 10.4. The van der Waals surface area contributed by atoms with E-state index in [1.807, 2.05) is 37.4 Å². The number of aromatic nitrogens is 3. The molecule has 0 aliphatic heterocycles. The molecule has 2 heterocycles. The van der Waals surface area contributed by atoms with E-state index in [1.165, 1.54) is 12.5 Å². The summed E-state index contributed by atoms with van der Waals surface area (Å²) in [4.78, 5) is 19.8. The fraction of sp³-hybridized carbons (Fsp3) is 0.435. The number of benzene rings is 1. The minimum Gasteiger partial charge on any atom is -0.477 e. The van der Waals surface area contributed by atoms with Crippen molar-refractivity contribution in [2.45, 2.75) is 45.4 Å². The highest BCUT2D eigenvalue weighted by Gasteiger charge is 2.31. The van der Waals surface area contributed by atoms with Gasteiger partial charge in [0.25, 0.3) is 0 Å². The van der Waals surface area contributed by atoms with Crippen molar-refractivity contribution in [3.8, 4) is 5.88 Å². The van der Waals surface area contributed by atoms with Crippen LogP contribution in [0.15, 0.2) is 48.9 Å². The van der Waals surface area contributed by atoms with E-state index in [0.717, 1.165) is 30.4 Å². The van der Waals surface area contributed by atoms with Gasteiger partial charge in [-0.15, -0.1) is 0 Å². The molecule has 1 amide bonds. The van der Waals surface area contributed by atoms with Crippen LogP contribution in [-0.2, 0) is 16.1 Å². The van der Waals surface area contributed by atoms with Crippen molar-refractivity contribution in [3.05, 3.63) is 54.5 Å². The van der Waals surface area contributed by atoms with Crippen molar-refractivity contribution in [3.63, 3.8) is 0 Å². The van der Waals surface area contributed by atoms with Crippen molar-refractivity contribution in [2.75, 3.05) is 13.2 Å². The first-order valence-electron chi connectivity index (χ1n) is 10.4. The Morgan fingerprint density at radius 1 is 1.23 bits per heavy atom. The van der Waals surface area contributed by atoms with Crippen molar-refractivity contribution in [1.29, 1.82) is 0 Å². The molecule has 158 valence electrons. The van der Waals surface area contributed by atoms with Crippen LogP contribution in [0.3, 0.4) is 0 Å². The molecule has 0 unspecified atom stereocenters. The molecule has 1 saturated carbocycles. The summed E-state index contributed by atoms with van der Waals surface area (Å²) in [5, 5.41) is 3.77. The summed E-state index contributed by atoms with van der Waals surface area (Å²) in [5.74, 6) is 1.07. The lowest BCUT2D eigenvalue weighted by Crippen LogP contribution is -2.40. The van der Waals surface area contributed by atoms with Crippen LogP contribution in [0.4, 0.5) is 0 Å². The van der Waals surface area contributed by atoms with Gasteiger partial charge < -0.3 is 19.4 Å². The van der Waals surface area contributed by atoms with Crippen LogP contribution in [0, 0.1) is 5.92 Å². The molecule has 0 spiro atoms. The van der Waals surface area contributed by atoms with Gasteiger partial charge in [0, 0.05) is 25.7 Å². The number of fused-ring (bicyclic) bond motifs is 1. The smallest absolute Gasteiger partial charge is 0.226 e. The number of hydrogen-bond donors (Lipinski definition) is 1. The van der Waals surface area contributed by atoms with Gasteiger partial charge in [-0.05, 0) is 37.3 Å². The normalized spacial score (nSPS) is 19.3. The van der Waals surface area contributed by atoms with Gasteiger partial charge in [-0.3, -0.25) is 4.79 Å². The topological polar surface area (TPSA) is 78.3 Å². The Bertz CT molecular complexity index is 983. The van der Waals surface area contributed by atoms with E-state index in [9.17, 15) is 4.79 Å². The van der Waals surface area contributed by atoms with E-state index in [2.05, 4.69) is 32.0 Å². The zero-order valence-corrected chi connectivity index (χ0v) is 17.5. The van der Waals surface area contributed by atoms with Crippen molar-refractivity contribution >= 4 is 16.9 Å². The maximum Gasteiger partial charge on any atom is 0.226 e. The second-order valence-electron chi connectivity index (χ2n) is 8.05. The summed E-state index contributed by atoms with van der Waals surface area (Å²) in [6, 6.07) is 12.4. The molecule has 7 heteroatoms. The summed E-state index contributed by atoms with van der Waals surface area (Å²) in [5.41, 5.74) is 2.11. The van der Waals surface area contributed by atoms with Crippen LogP contribution < -0.4 is 10.1 Å². The average Bonchev–Trinajstić information content (AvgIpc) is 3.10. The first-order chi connectivity index (χ1) is 14.6. The van der Waals surface area contributed by atoms with Crippen LogP contribution in [0.5, 0.6) is 5.88 Å². The first kappa shape index (κ1) is 20.3. The third kappa shape index (κ3) is 4.97. The third-order valence-corrected chi connectivity index (χ3v) is 5.40. The van der Waals surface area contributed by atoms with E-state index in [4.69, 9.17) is 9.47 Å². The van der Waals surface area contributed by atoms with Crippen molar-refractivity contribution in [2.24, 2.45) is 5.92 Å². The standard InChI is InChI=1S/C23H28N4O3/c1-16(26-17(2)28)13-29-20-10-19(11-20)14-30-23-21-8-9-27(22(21)24-15-25-23)12-18-6-4-3-5-7-18/h3-9,15-16,19-20H,10-14H2,1-2H3,(H,26,28)/t16-,19?,20?/m0/s1. The van der Waals surface area contributed by atoms with E-state index >= 15 is 0 Å². The van der Waals surface area contributed by atoms with Gasteiger partial charge in [0.1, 0.15) is 12.0 Å². The maximum atomic E-state index is 11.0. The lowest BCUT2D eigenvalue weighted by Gasteiger charge is -2.35. The van der Waals surface area contributed by atoms with Gasteiger partial charge in [0.15, 0.2) is 0 Å². The Morgan fingerprint density at radius 2 is 2.03 bits per heavy atom. The number of rotatable bonds is 9. The van der Waals surface area contributed by atoms with E-state index in [0.29, 0.717) is 25.0 Å². The molecule has 1 fully saturated rings. The molecule has 0 bridgehead atoms. The predicted octanol–water partition coefficient (Wildman–Crippen LogP) is 3.18. The third-order valence-electron chi connectivity index (χ3n) is 5.40. The predicted molar refractivity (Wildman–Crippen MR) is 114 cm³/mol. The van der Waals surface area contributed by atoms with Gasteiger partial charge in [0.2, 0.25) is 11.8 Å². The molecule has 4 rings (SSSR count). The van der Waals surface area contributed by atoms with Crippen LogP contribution in [0.25, 0.3) is 11.0 Å². The molecule has 3 aromatic rings. The fourth-order valence-electron chi connectivity index (χ4n) is 3.82. The summed E-state index contributed by atoms with van der Waals surface area (Å²) >= 11 is 0. The van der Waals surface area contributed by atoms with E-state index < -0.39 is 0 Å². The van der Waals surface area contributed by atoms with E-state index in [-0.39, 0.29) is 18.1 Å². The molecular weight excluding hydrogens is 380 g/mol. The molecule has 1 atom stereocenters. The molecule has 7 nitrogen and oxygen atoms in total. The number of carbonyl (C=O) groups excluding carboxylic acids is 1. The summed E-state index contributed by atoms with van der Waals surface area (Å²) in [6.07, 6.45) is 5.77. The fourth-order valence-corrected chi connectivity index (χ4v) is 3.82. The molecule has 1 N–H and O–H groups in total. The Balaban J connectivity index is 1.28. The summed E-state index contributed by atoms with van der Waals surface area (Å²) < 4.78 is 14.0. The highest BCUT2D eigenvalue weighted by molar-refractivity contribution is 5.81. The SMILES string of the molecule is CC(=O)N[C@@H](C)COC1CC(COc2ncnc3c2ccn3Cc2ccccc2)C1. The number of carbonyl (C=O) groups is 1. The Morgan fingerprint density at radius 3 is 2.80 bits per heavy atom. The van der Waals surface area contributed by atoms with Crippen molar-refractivity contribution in [1.82, 2.24) is 19.9 Å². The van der Waals surface area contributed by atoms with Crippen LogP contribution in [0.1, 0.15) is 32.3 Å². The Hall–Kier alpha value is -2.93. The highest BCUT2D eigenvalue weighted by atomic mass is 16.5. The van der Waals surface area contributed by atoms with Gasteiger partial charge in [-0.2, -0.15) is 0 Å². The second-order valence-corrected chi connectivity index (χ2v) is 8.05. The highest BCUT2D eigenvalue weighted by Crippen LogP contribution is 2.31. The quantitative estimate of drug-likeness (QED) is 0.588. The Kier molecular flexibility index (Phi) is 6.28. The second kappa shape index (κ2) is 9.26. The lowest BCUT2D eigenvalue weighted by atomic mass is 9.83. The molecule has 0 saturated heterocycles. The zero-order chi connectivity index (χ0) is 20.9. The molecule has 30 heavy (non-hydrogen) atoms. The van der Waals surface area contributed by atoms with Gasteiger partial charge >= 0.3 is 0 Å². The van der Waals surface area contributed by atoms with Crippen LogP contribution in [-0.4, -0.2) is 45.8 Å². The molecule has 1 aromatic carbocycles. The van der Waals surface area contributed by atoms with Crippen molar-refractivity contribution < 1.29 is 14.3 Å². The largest absolute Gasteiger partial charge is 0.477 e. The Labute approximate surface area is 176 Å². The molecule has 1 aliphatic rings. The zero-order valence-electron chi connectivity index (χ0n) is 17.5. The average molecular weight is 409 g/mol. The number of nitrogens with zero attached hydrogens (tertiary/aromatic N) is 3. The number of ether oxygens (including phenoxy) is 2. The van der Waals surface area contributed by atoms with Gasteiger partial charge in [-0.25, -0.2) is 9.97 Å². The summed E-state index contributed by atoms with van der Waals surface area (Å²) in [7, 11) is 0. The molecular formula is C23H28N4O3. The minimum absolute atomic E-state index is 0.0280. The number of amides is 1. The van der Waals surface area contributed by atoms with E-state index in [1.54, 1.807) is 6.33 Å². The summed E-state index contributed by atoms with van der Waals surface area (Å²) in [6.45, 7) is 5.40. The van der Waals surface area contributed by atoms with Gasteiger partial charge in [-0.1, -0.05) is 30.3 Å². The number of nitrogens with one attached hydrogen (secondary N) is 1. The number of hydrogen-bond acceptors (Lipinski definition) is 5. The van der Waals surface area contributed by atoms with Crippen LogP contribution in [0.2, 0.25) is 0 Å². The molecule has 2 aromatic heterocycles.